The van der Waals surface area contributed by atoms with E-state index in [0.717, 1.165) is 6.42 Å². The lowest BCUT2D eigenvalue weighted by Gasteiger charge is -2.08. The third kappa shape index (κ3) is 3.22. The van der Waals surface area contributed by atoms with Crippen molar-refractivity contribution in [3.05, 3.63) is 55.3 Å². The van der Waals surface area contributed by atoms with Gasteiger partial charge in [0.25, 0.3) is 0 Å². The first-order chi connectivity index (χ1) is 7.65. The zero-order valence-electron chi connectivity index (χ0n) is 8.91. The van der Waals surface area contributed by atoms with E-state index in [0.29, 0.717) is 0 Å². The summed E-state index contributed by atoms with van der Waals surface area (Å²) >= 11 is 10.5. The van der Waals surface area contributed by atoms with Crippen LogP contribution in [0, 0.1) is 9.81 Å². The maximum Gasteiger partial charge on any atom is 0.0656 e. The Labute approximate surface area is 119 Å². The van der Waals surface area contributed by atoms with Gasteiger partial charge in [0, 0.05) is 0 Å². The molecule has 2 rings (SSSR count). The third-order valence-corrected chi connectivity index (χ3v) is 4.66. The second-order valence-corrected chi connectivity index (χ2v) is 7.18. The van der Waals surface area contributed by atoms with Gasteiger partial charge in [-0.1, -0.05) is 29.8 Å². The molecule has 0 fully saturated rings. The van der Waals surface area contributed by atoms with E-state index in [1.54, 1.807) is 11.3 Å². The van der Waals surface area contributed by atoms with Gasteiger partial charge in [-0.25, -0.2) is 0 Å². The second-order valence-electron chi connectivity index (χ2n) is 3.84. The van der Waals surface area contributed by atoms with Gasteiger partial charge in [0.05, 0.1) is 8.26 Å². The van der Waals surface area contributed by atoms with E-state index in [2.05, 4.69) is 65.2 Å². The molecule has 0 aliphatic rings. The van der Waals surface area contributed by atoms with Gasteiger partial charge >= 0.3 is 0 Å². The summed E-state index contributed by atoms with van der Waals surface area (Å²) in [5, 5.41) is 2.23. The molecule has 0 aliphatic heterocycles. The molecular weight excluding hydrogens is 351 g/mol. The summed E-state index contributed by atoms with van der Waals surface area (Å²) in [6, 6.07) is 10.7. The lowest BCUT2D eigenvalue weighted by atomic mass is 10.0. The number of thiophene rings is 1. The second kappa shape index (κ2) is 5.52. The third-order valence-electron chi connectivity index (χ3n) is 2.45. The number of hydrogen-bond acceptors (Lipinski definition) is 1. The Hall–Kier alpha value is -0.0600. The number of benzene rings is 1. The molecule has 0 bridgehead atoms. The SMILES string of the molecule is Cc1cccc(CC(Cl)c2csc(I)c2)c1. The first kappa shape index (κ1) is 12.4. The molecule has 84 valence electrons. The molecule has 1 unspecified atom stereocenters. The van der Waals surface area contributed by atoms with E-state index >= 15 is 0 Å². The monoisotopic (exact) mass is 362 g/mol. The van der Waals surface area contributed by atoms with Crippen molar-refractivity contribution in [2.75, 3.05) is 0 Å². The maximum atomic E-state index is 6.41. The van der Waals surface area contributed by atoms with Crippen LogP contribution in [0.2, 0.25) is 0 Å². The molecule has 0 spiro atoms. The number of alkyl halides is 1. The Balaban J connectivity index is 2.10. The van der Waals surface area contributed by atoms with Gasteiger partial charge in [0.15, 0.2) is 0 Å². The Bertz CT molecular complexity index is 478. The average molecular weight is 363 g/mol. The highest BCUT2D eigenvalue weighted by Crippen LogP contribution is 2.29. The molecule has 1 atom stereocenters. The summed E-state index contributed by atoms with van der Waals surface area (Å²) in [4.78, 5) is 0. The first-order valence-electron chi connectivity index (χ1n) is 5.08. The van der Waals surface area contributed by atoms with Crippen molar-refractivity contribution in [2.24, 2.45) is 0 Å². The Kier molecular flexibility index (Phi) is 4.27. The maximum absolute atomic E-state index is 6.41. The van der Waals surface area contributed by atoms with Gasteiger partial charge in [0.2, 0.25) is 0 Å². The fourth-order valence-corrected chi connectivity index (χ4v) is 3.46. The molecule has 0 N–H and O–H groups in total. The van der Waals surface area contributed by atoms with E-state index in [1.807, 2.05) is 0 Å². The Morgan fingerprint density at radius 1 is 1.38 bits per heavy atom. The molecule has 0 amide bonds. The fraction of sp³-hybridized carbons (Fsp3) is 0.231. The van der Waals surface area contributed by atoms with Crippen molar-refractivity contribution >= 4 is 45.5 Å². The highest BCUT2D eigenvalue weighted by Gasteiger charge is 2.10. The highest BCUT2D eigenvalue weighted by molar-refractivity contribution is 14.1. The van der Waals surface area contributed by atoms with Crippen LogP contribution in [-0.2, 0) is 6.42 Å². The molecule has 0 radical (unpaired) electrons. The largest absolute Gasteiger partial charge is 0.137 e. The fourth-order valence-electron chi connectivity index (χ4n) is 1.65. The van der Waals surface area contributed by atoms with Crippen LogP contribution < -0.4 is 0 Å². The van der Waals surface area contributed by atoms with Crippen LogP contribution in [0.4, 0.5) is 0 Å². The van der Waals surface area contributed by atoms with Crippen LogP contribution in [0.3, 0.4) is 0 Å². The summed E-state index contributed by atoms with van der Waals surface area (Å²) in [6.45, 7) is 2.11. The van der Waals surface area contributed by atoms with Crippen LogP contribution in [0.5, 0.6) is 0 Å². The lowest BCUT2D eigenvalue weighted by Crippen LogP contribution is -1.94. The molecule has 1 aromatic heterocycles. The molecule has 0 aliphatic carbocycles. The smallest absolute Gasteiger partial charge is 0.0656 e. The van der Waals surface area contributed by atoms with Crippen LogP contribution >= 0.6 is 45.5 Å². The van der Waals surface area contributed by atoms with E-state index in [9.17, 15) is 0 Å². The topological polar surface area (TPSA) is 0 Å². The van der Waals surface area contributed by atoms with Crippen molar-refractivity contribution < 1.29 is 0 Å². The number of hydrogen-bond donors (Lipinski definition) is 0. The summed E-state index contributed by atoms with van der Waals surface area (Å²) < 4.78 is 1.29. The minimum atomic E-state index is 0.0848. The van der Waals surface area contributed by atoms with E-state index in [4.69, 9.17) is 11.6 Å². The minimum Gasteiger partial charge on any atom is -0.137 e. The number of rotatable bonds is 3. The predicted molar refractivity (Wildman–Crippen MR) is 80.5 cm³/mol. The number of aryl methyl sites for hydroxylation is 1. The molecule has 0 saturated carbocycles. The van der Waals surface area contributed by atoms with Crippen molar-refractivity contribution in [2.45, 2.75) is 18.7 Å². The quantitative estimate of drug-likeness (QED) is 0.521. The van der Waals surface area contributed by atoms with E-state index < -0.39 is 0 Å². The van der Waals surface area contributed by atoms with Crippen LogP contribution in [0.25, 0.3) is 0 Å². The minimum absolute atomic E-state index is 0.0848. The molecule has 2 aromatic rings. The summed E-state index contributed by atoms with van der Waals surface area (Å²) in [6.07, 6.45) is 0.899. The Morgan fingerprint density at radius 2 is 2.19 bits per heavy atom. The molecule has 0 saturated heterocycles. The van der Waals surface area contributed by atoms with E-state index in [-0.39, 0.29) is 5.38 Å². The number of halogens is 2. The van der Waals surface area contributed by atoms with Crippen LogP contribution in [0.1, 0.15) is 22.1 Å². The summed E-state index contributed by atoms with van der Waals surface area (Å²) in [5.41, 5.74) is 3.83. The van der Waals surface area contributed by atoms with Gasteiger partial charge < -0.3 is 0 Å². The Morgan fingerprint density at radius 3 is 2.81 bits per heavy atom. The molecule has 1 heterocycles. The predicted octanol–water partition coefficient (Wildman–Crippen LogP) is 5.18. The van der Waals surface area contributed by atoms with Crippen LogP contribution in [-0.4, -0.2) is 0 Å². The average Bonchev–Trinajstić information content (AvgIpc) is 2.65. The molecule has 3 heteroatoms. The van der Waals surface area contributed by atoms with Crippen molar-refractivity contribution in [3.8, 4) is 0 Å². The van der Waals surface area contributed by atoms with Crippen LogP contribution in [0.15, 0.2) is 35.7 Å². The van der Waals surface area contributed by atoms with Gasteiger partial charge in [0.1, 0.15) is 0 Å². The normalized spacial score (nSPS) is 12.7. The molecular formula is C13H12ClIS. The van der Waals surface area contributed by atoms with Crippen molar-refractivity contribution in [1.82, 2.24) is 0 Å². The van der Waals surface area contributed by atoms with Gasteiger partial charge in [-0.15, -0.1) is 22.9 Å². The molecule has 16 heavy (non-hydrogen) atoms. The van der Waals surface area contributed by atoms with E-state index in [1.165, 1.54) is 19.6 Å². The van der Waals surface area contributed by atoms with Crippen molar-refractivity contribution in [3.63, 3.8) is 0 Å². The first-order valence-corrected chi connectivity index (χ1v) is 7.48. The van der Waals surface area contributed by atoms with Gasteiger partial charge in [-0.05, 0) is 58.5 Å². The van der Waals surface area contributed by atoms with Crippen molar-refractivity contribution in [1.29, 1.82) is 0 Å². The highest BCUT2D eigenvalue weighted by atomic mass is 127. The summed E-state index contributed by atoms with van der Waals surface area (Å²) in [7, 11) is 0. The summed E-state index contributed by atoms with van der Waals surface area (Å²) in [5.74, 6) is 0. The standard InChI is InChI=1S/C13H12ClIS/c1-9-3-2-4-10(5-9)6-12(14)11-7-13(15)16-8-11/h2-5,7-8,12H,6H2,1H3. The van der Waals surface area contributed by atoms with Gasteiger partial charge in [-0.2, -0.15) is 0 Å². The zero-order valence-corrected chi connectivity index (χ0v) is 12.6. The molecule has 1 aromatic carbocycles. The molecule has 0 nitrogen and oxygen atoms in total. The van der Waals surface area contributed by atoms with Gasteiger partial charge in [-0.3, -0.25) is 0 Å². The zero-order chi connectivity index (χ0) is 11.5. The lowest BCUT2D eigenvalue weighted by molar-refractivity contribution is 0.923.